The summed E-state index contributed by atoms with van der Waals surface area (Å²) in [4.78, 5) is 43.6. The fraction of sp³-hybridized carbons (Fsp3) is 0.545. The second-order valence-corrected chi connectivity index (χ2v) is 13.9. The number of carboxylic acid groups (broad SMARTS) is 2. The van der Waals surface area contributed by atoms with Gasteiger partial charge in [0.25, 0.3) is 0 Å². The van der Waals surface area contributed by atoms with E-state index in [1.165, 1.54) is 24.3 Å². The molecule has 3 N–H and O–H groups in total. The number of anilines is 1. The third-order valence-corrected chi connectivity index (χ3v) is 7.14. The van der Waals surface area contributed by atoms with Crippen LogP contribution in [0.3, 0.4) is 0 Å². The first-order valence-corrected chi connectivity index (χ1v) is 14.0. The molecule has 1 amide bonds. The lowest BCUT2D eigenvalue weighted by molar-refractivity contribution is -0.152. The van der Waals surface area contributed by atoms with Crippen molar-refractivity contribution in [1.82, 2.24) is 0 Å². The molecule has 0 fully saturated rings. The summed E-state index contributed by atoms with van der Waals surface area (Å²) in [6.45, 7) is 9.88. The molecule has 0 aliphatic rings. The topological polar surface area (TPSA) is 198 Å². The molecule has 204 valence electrons. The highest BCUT2D eigenvalue weighted by Gasteiger charge is 2.24. The second kappa shape index (κ2) is 12.8. The fourth-order valence-electron chi connectivity index (χ4n) is 2.05. The number of nitrogens with one attached hydrogen (secondary N) is 1. The number of carbonyl (C=O) groups is 4. The molecule has 14 heteroatoms. The van der Waals surface area contributed by atoms with Crippen molar-refractivity contribution in [3.8, 4) is 0 Å². The highest BCUT2D eigenvalue weighted by atomic mass is 32.2. The number of amides is 1. The molecule has 0 heterocycles. The molecule has 0 saturated carbocycles. The molecular formula is C22H33NO11S2. The van der Waals surface area contributed by atoms with E-state index < -0.39 is 65.7 Å². The first-order chi connectivity index (χ1) is 16.1. The van der Waals surface area contributed by atoms with Crippen LogP contribution in [0, 0.1) is 10.8 Å². The van der Waals surface area contributed by atoms with Crippen LogP contribution >= 0.6 is 0 Å². The van der Waals surface area contributed by atoms with Crippen molar-refractivity contribution in [1.29, 1.82) is 0 Å². The third-order valence-electron chi connectivity index (χ3n) is 4.05. The molecular weight excluding hydrogens is 518 g/mol. The predicted octanol–water partition coefficient (Wildman–Crippen LogP) is 1.60. The zero-order valence-electron chi connectivity index (χ0n) is 21.0. The van der Waals surface area contributed by atoms with Gasteiger partial charge in [0.15, 0.2) is 25.4 Å². The van der Waals surface area contributed by atoms with Crippen LogP contribution in [0.15, 0.2) is 29.2 Å². The van der Waals surface area contributed by atoms with Gasteiger partial charge in [-0.05, 0) is 45.0 Å². The minimum atomic E-state index is -3.85. The lowest BCUT2D eigenvalue weighted by atomic mass is 9.95. The Labute approximate surface area is 210 Å². The Balaban J connectivity index is 0.000000700. The van der Waals surface area contributed by atoms with E-state index in [2.05, 4.69) is 5.32 Å². The number of aliphatic carboxylic acids is 2. The van der Waals surface area contributed by atoms with Gasteiger partial charge in [-0.3, -0.25) is 19.2 Å². The van der Waals surface area contributed by atoms with Crippen LogP contribution in [0.4, 0.5) is 5.69 Å². The van der Waals surface area contributed by atoms with Crippen molar-refractivity contribution in [2.24, 2.45) is 10.8 Å². The quantitative estimate of drug-likeness (QED) is 0.377. The van der Waals surface area contributed by atoms with Gasteiger partial charge in [-0.2, -0.15) is 0 Å². The Morgan fingerprint density at radius 1 is 0.806 bits per heavy atom. The first-order valence-electron chi connectivity index (χ1n) is 10.5. The molecule has 0 atom stereocenters. The normalized spacial score (nSPS) is 12.1. The number of rotatable bonds is 9. The Bertz CT molecular complexity index is 1160. The van der Waals surface area contributed by atoms with E-state index in [-0.39, 0.29) is 17.4 Å². The van der Waals surface area contributed by atoms with Gasteiger partial charge in [-0.25, -0.2) is 16.8 Å². The summed E-state index contributed by atoms with van der Waals surface area (Å²) < 4.78 is 50.2. The third kappa shape index (κ3) is 13.2. The van der Waals surface area contributed by atoms with E-state index in [9.17, 15) is 36.0 Å². The van der Waals surface area contributed by atoms with E-state index in [0.717, 1.165) is 0 Å². The average Bonchev–Trinajstić information content (AvgIpc) is 2.65. The predicted molar refractivity (Wildman–Crippen MR) is 131 cm³/mol. The molecule has 0 spiro atoms. The van der Waals surface area contributed by atoms with E-state index in [1.54, 1.807) is 41.5 Å². The van der Waals surface area contributed by atoms with Gasteiger partial charge in [-0.1, -0.05) is 20.8 Å². The number of benzene rings is 1. The van der Waals surface area contributed by atoms with Gasteiger partial charge in [0, 0.05) is 11.1 Å². The number of sulfone groups is 2. The maximum absolute atomic E-state index is 11.8. The van der Waals surface area contributed by atoms with E-state index >= 15 is 0 Å². The number of hydrogen-bond acceptors (Lipinski definition) is 9. The summed E-state index contributed by atoms with van der Waals surface area (Å²) in [5.74, 6) is -5.91. The average molecular weight is 552 g/mol. The molecule has 1 rings (SSSR count). The van der Waals surface area contributed by atoms with Gasteiger partial charge in [-0.15, -0.1) is 0 Å². The van der Waals surface area contributed by atoms with Crippen LogP contribution in [0.25, 0.3) is 0 Å². The SMILES string of the molecule is CC(C)(C)C(=O)Nc1ccc(S(=O)(=O)CC(=O)O)cc1.CC(C)(C)C(=O)OCCS(=O)(=O)CC(=O)O. The molecule has 1 aromatic rings. The van der Waals surface area contributed by atoms with Crippen molar-refractivity contribution in [3.63, 3.8) is 0 Å². The molecule has 0 aliphatic heterocycles. The number of esters is 1. The number of carboxylic acids is 2. The second-order valence-electron chi connectivity index (χ2n) is 9.75. The first kappa shape index (κ1) is 33.0. The highest BCUT2D eigenvalue weighted by molar-refractivity contribution is 7.92. The van der Waals surface area contributed by atoms with Gasteiger partial charge in [0.1, 0.15) is 12.4 Å². The molecule has 0 aliphatic carbocycles. The molecule has 36 heavy (non-hydrogen) atoms. The summed E-state index contributed by atoms with van der Waals surface area (Å²) in [6.07, 6.45) is 0. The molecule has 0 saturated heterocycles. The molecule has 0 radical (unpaired) electrons. The Kier molecular flexibility index (Phi) is 11.7. The molecule has 0 unspecified atom stereocenters. The van der Waals surface area contributed by atoms with Crippen LogP contribution < -0.4 is 5.32 Å². The lowest BCUT2D eigenvalue weighted by Crippen LogP contribution is -2.27. The summed E-state index contributed by atoms with van der Waals surface area (Å²) in [7, 11) is -7.54. The highest BCUT2D eigenvalue weighted by Crippen LogP contribution is 2.19. The van der Waals surface area contributed by atoms with Gasteiger partial charge < -0.3 is 20.3 Å². The number of carbonyl (C=O) groups excluding carboxylic acids is 2. The van der Waals surface area contributed by atoms with Crippen molar-refractivity contribution < 1.29 is 51.0 Å². The Hall–Kier alpha value is -3.00. The van der Waals surface area contributed by atoms with Gasteiger partial charge >= 0.3 is 17.9 Å². The maximum Gasteiger partial charge on any atom is 0.319 e. The van der Waals surface area contributed by atoms with Gasteiger partial charge in [0.2, 0.25) is 5.91 Å². The maximum atomic E-state index is 11.8. The Morgan fingerprint density at radius 3 is 1.67 bits per heavy atom. The van der Waals surface area contributed by atoms with Crippen molar-refractivity contribution in [3.05, 3.63) is 24.3 Å². The molecule has 0 aromatic heterocycles. The van der Waals surface area contributed by atoms with E-state index in [0.29, 0.717) is 5.69 Å². The lowest BCUT2D eigenvalue weighted by Gasteiger charge is -2.17. The van der Waals surface area contributed by atoms with E-state index in [4.69, 9.17) is 14.9 Å². The molecule has 12 nitrogen and oxygen atoms in total. The van der Waals surface area contributed by atoms with Crippen molar-refractivity contribution in [2.75, 3.05) is 29.2 Å². The minimum absolute atomic E-state index is 0.0892. The Morgan fingerprint density at radius 2 is 1.28 bits per heavy atom. The summed E-state index contributed by atoms with van der Waals surface area (Å²) in [5, 5.41) is 19.5. The largest absolute Gasteiger partial charge is 0.480 e. The zero-order valence-corrected chi connectivity index (χ0v) is 22.7. The van der Waals surface area contributed by atoms with Crippen LogP contribution in [0.2, 0.25) is 0 Å². The zero-order chi connectivity index (χ0) is 28.5. The van der Waals surface area contributed by atoms with Gasteiger partial charge in [0.05, 0.1) is 16.1 Å². The van der Waals surface area contributed by atoms with E-state index in [1.807, 2.05) is 0 Å². The van der Waals surface area contributed by atoms with Crippen LogP contribution in [-0.4, -0.2) is 74.7 Å². The molecule has 1 aromatic carbocycles. The monoisotopic (exact) mass is 551 g/mol. The minimum Gasteiger partial charge on any atom is -0.480 e. The number of hydrogen-bond donors (Lipinski definition) is 3. The summed E-state index contributed by atoms with van der Waals surface area (Å²) >= 11 is 0. The summed E-state index contributed by atoms with van der Waals surface area (Å²) in [6, 6.07) is 5.41. The standard InChI is InChI=1S/C13H17NO5S.C9H16O6S/c1-13(2,3)12(17)14-9-4-6-10(7-5-9)20(18,19)8-11(15)16;1-9(2,3)8(12)15-4-5-16(13,14)6-7(10)11/h4-7H,8H2,1-3H3,(H,14,17)(H,15,16);4-6H2,1-3H3,(H,10,11). The fourth-order valence-corrected chi connectivity index (χ4v) is 3.95. The van der Waals surface area contributed by atoms with Crippen molar-refractivity contribution in [2.45, 2.75) is 46.4 Å². The molecule has 0 bridgehead atoms. The van der Waals surface area contributed by atoms with Crippen LogP contribution in [-0.2, 0) is 43.6 Å². The van der Waals surface area contributed by atoms with Crippen LogP contribution in [0.1, 0.15) is 41.5 Å². The van der Waals surface area contributed by atoms with Crippen molar-refractivity contribution >= 4 is 49.2 Å². The number of ether oxygens (including phenoxy) is 1. The summed E-state index contributed by atoms with van der Waals surface area (Å²) in [5.41, 5.74) is -0.802. The van der Waals surface area contributed by atoms with Crippen LogP contribution in [0.5, 0.6) is 0 Å². The smallest absolute Gasteiger partial charge is 0.319 e.